The SMILES string of the molecule is Cc1ccc2c(c1)CC(CCc1cnccc1N)O2. The molecular weight excluding hydrogens is 236 g/mol. The van der Waals surface area contributed by atoms with E-state index >= 15 is 0 Å². The van der Waals surface area contributed by atoms with Crippen molar-refractivity contribution in [1.29, 1.82) is 0 Å². The molecule has 0 radical (unpaired) electrons. The molecule has 1 aromatic heterocycles. The lowest BCUT2D eigenvalue weighted by atomic mass is 10.0. The van der Waals surface area contributed by atoms with Gasteiger partial charge in [-0.3, -0.25) is 4.98 Å². The predicted octanol–water partition coefficient (Wildman–Crippen LogP) is 2.91. The number of anilines is 1. The van der Waals surface area contributed by atoms with Crippen molar-refractivity contribution >= 4 is 5.69 Å². The van der Waals surface area contributed by atoms with Crippen molar-refractivity contribution in [2.24, 2.45) is 0 Å². The van der Waals surface area contributed by atoms with Crippen molar-refractivity contribution in [3.05, 3.63) is 53.3 Å². The smallest absolute Gasteiger partial charge is 0.123 e. The minimum atomic E-state index is 0.261. The molecule has 1 atom stereocenters. The first-order valence-corrected chi connectivity index (χ1v) is 6.67. The maximum absolute atomic E-state index is 5.96. The van der Waals surface area contributed by atoms with E-state index in [2.05, 4.69) is 30.1 Å². The molecule has 0 aliphatic carbocycles. The molecule has 0 saturated heterocycles. The summed E-state index contributed by atoms with van der Waals surface area (Å²) in [6, 6.07) is 8.24. The largest absolute Gasteiger partial charge is 0.490 e. The maximum Gasteiger partial charge on any atom is 0.123 e. The Hall–Kier alpha value is -2.03. The van der Waals surface area contributed by atoms with Crippen LogP contribution in [-0.4, -0.2) is 11.1 Å². The number of nitrogens with zero attached hydrogens (tertiary/aromatic N) is 1. The minimum Gasteiger partial charge on any atom is -0.490 e. The van der Waals surface area contributed by atoms with Crippen LogP contribution in [0, 0.1) is 6.92 Å². The number of hydrogen-bond donors (Lipinski definition) is 1. The summed E-state index contributed by atoms with van der Waals surface area (Å²) < 4.78 is 5.96. The number of aryl methyl sites for hydroxylation is 2. The van der Waals surface area contributed by atoms with E-state index in [1.807, 2.05) is 12.3 Å². The van der Waals surface area contributed by atoms with E-state index in [1.165, 1.54) is 11.1 Å². The second kappa shape index (κ2) is 4.92. The Labute approximate surface area is 113 Å². The quantitative estimate of drug-likeness (QED) is 0.916. The van der Waals surface area contributed by atoms with E-state index in [-0.39, 0.29) is 6.10 Å². The molecule has 2 heterocycles. The van der Waals surface area contributed by atoms with Gasteiger partial charge >= 0.3 is 0 Å². The van der Waals surface area contributed by atoms with Crippen LogP contribution in [0.3, 0.4) is 0 Å². The van der Waals surface area contributed by atoms with E-state index < -0.39 is 0 Å². The Balaban J connectivity index is 1.63. The van der Waals surface area contributed by atoms with E-state index in [1.54, 1.807) is 6.20 Å². The summed E-state index contributed by atoms with van der Waals surface area (Å²) in [5, 5.41) is 0. The van der Waals surface area contributed by atoms with Crippen LogP contribution in [0.4, 0.5) is 5.69 Å². The normalized spacial score (nSPS) is 17.0. The van der Waals surface area contributed by atoms with Crippen molar-refractivity contribution in [3.63, 3.8) is 0 Å². The number of nitrogen functional groups attached to an aromatic ring is 1. The second-order valence-corrected chi connectivity index (χ2v) is 5.17. The first-order chi connectivity index (χ1) is 9.22. The highest BCUT2D eigenvalue weighted by molar-refractivity contribution is 5.44. The summed E-state index contributed by atoms with van der Waals surface area (Å²) in [4.78, 5) is 4.12. The van der Waals surface area contributed by atoms with Crippen LogP contribution in [0.2, 0.25) is 0 Å². The third-order valence-electron chi connectivity index (χ3n) is 3.63. The number of aromatic nitrogens is 1. The van der Waals surface area contributed by atoms with Gasteiger partial charge in [-0.25, -0.2) is 0 Å². The van der Waals surface area contributed by atoms with Gasteiger partial charge in [0.25, 0.3) is 0 Å². The summed E-state index contributed by atoms with van der Waals surface area (Å²) in [5.74, 6) is 1.04. The number of fused-ring (bicyclic) bond motifs is 1. The molecule has 3 heteroatoms. The third-order valence-corrected chi connectivity index (χ3v) is 3.63. The molecule has 19 heavy (non-hydrogen) atoms. The van der Waals surface area contributed by atoms with Crippen LogP contribution < -0.4 is 10.5 Å². The molecule has 98 valence electrons. The number of pyridine rings is 1. The van der Waals surface area contributed by atoms with Gasteiger partial charge in [-0.2, -0.15) is 0 Å². The first-order valence-electron chi connectivity index (χ1n) is 6.67. The predicted molar refractivity (Wildman–Crippen MR) is 76.3 cm³/mol. The van der Waals surface area contributed by atoms with E-state index in [0.29, 0.717) is 0 Å². The summed E-state index contributed by atoms with van der Waals surface area (Å²) in [7, 11) is 0. The summed E-state index contributed by atoms with van der Waals surface area (Å²) in [6.45, 7) is 2.12. The molecule has 1 aromatic carbocycles. The van der Waals surface area contributed by atoms with Gasteiger partial charge < -0.3 is 10.5 Å². The molecule has 0 spiro atoms. The van der Waals surface area contributed by atoms with Gasteiger partial charge in [0.2, 0.25) is 0 Å². The van der Waals surface area contributed by atoms with E-state index in [4.69, 9.17) is 10.5 Å². The standard InChI is InChI=1S/C16H18N2O/c1-11-2-5-16-13(8-11)9-14(19-16)4-3-12-10-18-7-6-15(12)17/h2,5-8,10,14H,3-4,9H2,1H3,(H2,17,18). The Morgan fingerprint density at radius 3 is 3.11 bits per heavy atom. The molecule has 1 aliphatic heterocycles. The highest BCUT2D eigenvalue weighted by atomic mass is 16.5. The molecule has 0 fully saturated rings. The van der Waals surface area contributed by atoms with Crippen molar-refractivity contribution in [1.82, 2.24) is 4.98 Å². The molecule has 1 aliphatic rings. The third kappa shape index (κ3) is 2.55. The number of hydrogen-bond acceptors (Lipinski definition) is 3. The molecule has 2 aromatic rings. The Kier molecular flexibility index (Phi) is 3.11. The van der Waals surface area contributed by atoms with Crippen LogP contribution in [0.25, 0.3) is 0 Å². The lowest BCUT2D eigenvalue weighted by Gasteiger charge is -2.11. The second-order valence-electron chi connectivity index (χ2n) is 5.17. The Morgan fingerprint density at radius 1 is 1.37 bits per heavy atom. The first kappa shape index (κ1) is 12.0. The van der Waals surface area contributed by atoms with Crippen LogP contribution in [0.1, 0.15) is 23.1 Å². The molecule has 0 amide bonds. The minimum absolute atomic E-state index is 0.261. The summed E-state index contributed by atoms with van der Waals surface area (Å²) in [6.07, 6.45) is 6.72. The van der Waals surface area contributed by atoms with Gasteiger partial charge in [-0.1, -0.05) is 17.7 Å². The zero-order valence-corrected chi connectivity index (χ0v) is 11.1. The highest BCUT2D eigenvalue weighted by Crippen LogP contribution is 2.31. The van der Waals surface area contributed by atoms with Crippen molar-refractivity contribution in [2.75, 3.05) is 5.73 Å². The maximum atomic E-state index is 5.96. The molecule has 0 saturated carbocycles. The highest BCUT2D eigenvalue weighted by Gasteiger charge is 2.22. The average Bonchev–Trinajstić information content (AvgIpc) is 2.79. The zero-order chi connectivity index (χ0) is 13.2. The number of nitrogens with two attached hydrogens (primary N) is 1. The number of benzene rings is 1. The molecule has 3 rings (SSSR count). The number of ether oxygens (including phenoxy) is 1. The fourth-order valence-corrected chi connectivity index (χ4v) is 2.57. The van der Waals surface area contributed by atoms with Crippen LogP contribution in [0.15, 0.2) is 36.7 Å². The zero-order valence-electron chi connectivity index (χ0n) is 11.1. The van der Waals surface area contributed by atoms with Crippen molar-refractivity contribution in [3.8, 4) is 5.75 Å². The Morgan fingerprint density at radius 2 is 2.26 bits per heavy atom. The monoisotopic (exact) mass is 254 g/mol. The fraction of sp³-hybridized carbons (Fsp3) is 0.312. The molecule has 3 nitrogen and oxygen atoms in total. The number of rotatable bonds is 3. The lowest BCUT2D eigenvalue weighted by molar-refractivity contribution is 0.222. The van der Waals surface area contributed by atoms with Crippen LogP contribution >= 0.6 is 0 Å². The van der Waals surface area contributed by atoms with E-state index in [9.17, 15) is 0 Å². The van der Waals surface area contributed by atoms with Gasteiger partial charge in [0.15, 0.2) is 0 Å². The topological polar surface area (TPSA) is 48.1 Å². The van der Waals surface area contributed by atoms with Gasteiger partial charge in [0, 0.05) is 24.5 Å². The van der Waals surface area contributed by atoms with Crippen molar-refractivity contribution in [2.45, 2.75) is 32.3 Å². The van der Waals surface area contributed by atoms with Gasteiger partial charge in [-0.15, -0.1) is 0 Å². The molecule has 1 unspecified atom stereocenters. The van der Waals surface area contributed by atoms with Gasteiger partial charge in [-0.05, 0) is 43.0 Å². The van der Waals surface area contributed by atoms with Crippen molar-refractivity contribution < 1.29 is 4.74 Å². The summed E-state index contributed by atoms with van der Waals surface area (Å²) in [5.41, 5.74) is 10.5. The average molecular weight is 254 g/mol. The van der Waals surface area contributed by atoms with Gasteiger partial charge in [0.1, 0.15) is 11.9 Å². The summed E-state index contributed by atoms with van der Waals surface area (Å²) >= 11 is 0. The van der Waals surface area contributed by atoms with Gasteiger partial charge in [0.05, 0.1) is 0 Å². The van der Waals surface area contributed by atoms with E-state index in [0.717, 1.165) is 36.3 Å². The molecule has 2 N–H and O–H groups in total. The Bertz CT molecular complexity index is 595. The van der Waals surface area contributed by atoms with Crippen LogP contribution in [-0.2, 0) is 12.8 Å². The fourth-order valence-electron chi connectivity index (χ4n) is 2.57. The molecule has 0 bridgehead atoms. The lowest BCUT2D eigenvalue weighted by Crippen LogP contribution is -2.14. The molecular formula is C16H18N2O. The van der Waals surface area contributed by atoms with Crippen LogP contribution in [0.5, 0.6) is 5.75 Å².